The average molecular weight is 605 g/mol. The minimum atomic E-state index is -0.195. The van der Waals surface area contributed by atoms with Gasteiger partial charge in [0, 0.05) is 40.5 Å². The Bertz CT molecular complexity index is 1540. The molecule has 4 aromatic rings. The highest BCUT2D eigenvalue weighted by atomic mass is 79.9. The van der Waals surface area contributed by atoms with Crippen LogP contribution in [0.3, 0.4) is 0 Å². The molecule has 1 saturated heterocycles. The minimum Gasteiger partial charge on any atom is -0.375 e. The molecule has 1 aliphatic rings. The van der Waals surface area contributed by atoms with E-state index in [1.165, 1.54) is 7.11 Å². The molecule has 5 rings (SSSR count). The number of methoxy groups -OCH3 is 1. The predicted octanol–water partition coefficient (Wildman–Crippen LogP) is 6.32. The molecule has 0 spiro atoms. The molecule has 2 atom stereocenters. The van der Waals surface area contributed by atoms with Crippen molar-refractivity contribution in [3.8, 4) is 5.69 Å². The van der Waals surface area contributed by atoms with Gasteiger partial charge in [-0.05, 0) is 109 Å². The minimum absolute atomic E-state index is 0.00228. The highest BCUT2D eigenvalue weighted by molar-refractivity contribution is 9.10. The van der Waals surface area contributed by atoms with E-state index < -0.39 is 0 Å². The number of aromatic nitrogens is 2. The first-order valence-corrected chi connectivity index (χ1v) is 13.8. The number of anilines is 2. The molecule has 1 fully saturated rings. The van der Waals surface area contributed by atoms with Gasteiger partial charge < -0.3 is 24.8 Å². The number of pyridine rings is 1. The molecule has 1 aliphatic heterocycles. The van der Waals surface area contributed by atoms with Crippen LogP contribution in [0, 0.1) is 20.8 Å². The maximum absolute atomic E-state index is 12.1. The number of carbonyl (C=O) groups excluding carboxylic acids is 1. The Labute approximate surface area is 242 Å². The molecule has 0 saturated carbocycles. The monoisotopic (exact) mass is 603 g/mol. The molecule has 0 bridgehead atoms. The summed E-state index contributed by atoms with van der Waals surface area (Å²) in [6.07, 6.45) is 1.81. The number of carbonyl (C=O) groups is 1. The van der Waals surface area contributed by atoms with Crippen LogP contribution in [0.1, 0.15) is 40.3 Å². The molecule has 0 radical (unpaired) electrons. The standard InChI is InChI=1S/C30H30BrN5O2S/c1-18-15-21(12-13-24(18)33-27(37)17-38-4)36-29(28(34-30(36)39)25-10-7-8-14-32-25)22-16-19(2)35(20(22)3)26-11-6-5-9-23(26)31/h5-16,28-29H,17H2,1-4H3,(H,33,37)(H,34,39)/t28-,29+/m1/s1. The Morgan fingerprint density at radius 2 is 1.87 bits per heavy atom. The lowest BCUT2D eigenvalue weighted by Crippen LogP contribution is -2.29. The fraction of sp³-hybridized carbons (Fsp3) is 0.233. The van der Waals surface area contributed by atoms with Crippen LogP contribution in [0.2, 0.25) is 0 Å². The summed E-state index contributed by atoms with van der Waals surface area (Å²) in [5.74, 6) is -0.195. The second-order valence-electron chi connectivity index (χ2n) is 9.59. The molecule has 3 heterocycles. The summed E-state index contributed by atoms with van der Waals surface area (Å²) in [5, 5.41) is 7.08. The van der Waals surface area contributed by atoms with E-state index in [1.54, 1.807) is 0 Å². The predicted molar refractivity (Wildman–Crippen MR) is 163 cm³/mol. The van der Waals surface area contributed by atoms with Crippen LogP contribution in [-0.4, -0.2) is 34.3 Å². The first-order chi connectivity index (χ1) is 18.8. The average Bonchev–Trinajstić information content (AvgIpc) is 3.41. The van der Waals surface area contributed by atoms with Crippen LogP contribution < -0.4 is 15.5 Å². The van der Waals surface area contributed by atoms with Crippen LogP contribution in [-0.2, 0) is 9.53 Å². The van der Waals surface area contributed by atoms with E-state index in [0.29, 0.717) is 5.11 Å². The van der Waals surface area contributed by atoms with Crippen molar-refractivity contribution >= 4 is 50.5 Å². The zero-order valence-electron chi connectivity index (χ0n) is 22.2. The molecule has 1 amide bonds. The van der Waals surface area contributed by atoms with Crippen LogP contribution >= 0.6 is 28.1 Å². The van der Waals surface area contributed by atoms with Crippen LogP contribution in [0.4, 0.5) is 11.4 Å². The van der Waals surface area contributed by atoms with Crippen LogP contribution in [0.25, 0.3) is 5.69 Å². The number of para-hydroxylation sites is 1. The van der Waals surface area contributed by atoms with Crippen molar-refractivity contribution in [2.45, 2.75) is 32.9 Å². The van der Waals surface area contributed by atoms with E-state index >= 15 is 0 Å². The Hall–Kier alpha value is -3.53. The molecule has 200 valence electrons. The molecule has 9 heteroatoms. The fourth-order valence-corrected chi connectivity index (χ4v) is 6.10. The van der Waals surface area contributed by atoms with Gasteiger partial charge in [0.15, 0.2) is 5.11 Å². The Morgan fingerprint density at radius 1 is 1.10 bits per heavy atom. The number of amides is 1. The van der Waals surface area contributed by atoms with E-state index in [-0.39, 0.29) is 24.6 Å². The largest absolute Gasteiger partial charge is 0.375 e. The summed E-state index contributed by atoms with van der Waals surface area (Å²) in [6, 6.07) is 22.1. The maximum atomic E-state index is 12.1. The number of aryl methyl sites for hydroxylation is 2. The molecule has 0 unspecified atom stereocenters. The van der Waals surface area contributed by atoms with Gasteiger partial charge in [-0.1, -0.05) is 18.2 Å². The lowest BCUT2D eigenvalue weighted by atomic mass is 9.96. The number of hydrogen-bond acceptors (Lipinski definition) is 4. The van der Waals surface area contributed by atoms with Crippen LogP contribution in [0.5, 0.6) is 0 Å². The normalized spacial score (nSPS) is 16.8. The molecular weight excluding hydrogens is 574 g/mol. The third kappa shape index (κ3) is 5.22. The zero-order chi connectivity index (χ0) is 27.7. The zero-order valence-corrected chi connectivity index (χ0v) is 24.6. The maximum Gasteiger partial charge on any atom is 0.250 e. The quantitative estimate of drug-likeness (QED) is 0.241. The third-order valence-electron chi connectivity index (χ3n) is 7.02. The molecule has 0 aliphatic carbocycles. The molecular formula is C30H30BrN5O2S. The second kappa shape index (κ2) is 11.3. The lowest BCUT2D eigenvalue weighted by molar-refractivity contribution is -0.119. The molecule has 2 aromatic heterocycles. The third-order valence-corrected chi connectivity index (χ3v) is 8.00. The molecule has 2 aromatic carbocycles. The number of ether oxygens (including phenoxy) is 1. The molecule has 2 N–H and O–H groups in total. The van der Waals surface area contributed by atoms with Gasteiger partial charge in [-0.15, -0.1) is 0 Å². The Morgan fingerprint density at radius 3 is 2.56 bits per heavy atom. The number of halogens is 1. The van der Waals surface area contributed by atoms with E-state index in [4.69, 9.17) is 17.0 Å². The van der Waals surface area contributed by atoms with E-state index in [0.717, 1.165) is 49.7 Å². The Kier molecular flexibility index (Phi) is 7.83. The first kappa shape index (κ1) is 27.1. The smallest absolute Gasteiger partial charge is 0.250 e. The SMILES string of the molecule is COCC(=O)Nc1ccc(N2C(=S)N[C@H](c3ccccn3)[C@@H]2c2cc(C)n(-c3ccccc3Br)c2C)cc1C. The van der Waals surface area contributed by atoms with Gasteiger partial charge >= 0.3 is 0 Å². The molecule has 39 heavy (non-hydrogen) atoms. The van der Waals surface area contributed by atoms with E-state index in [1.807, 2.05) is 55.6 Å². The molecule has 7 nitrogen and oxygen atoms in total. The fourth-order valence-electron chi connectivity index (χ4n) is 5.30. The summed E-state index contributed by atoms with van der Waals surface area (Å²) in [7, 11) is 1.50. The van der Waals surface area contributed by atoms with Crippen molar-refractivity contribution < 1.29 is 9.53 Å². The van der Waals surface area contributed by atoms with Crippen molar-refractivity contribution in [1.82, 2.24) is 14.9 Å². The van der Waals surface area contributed by atoms with Crippen molar-refractivity contribution in [2.75, 3.05) is 23.9 Å². The summed E-state index contributed by atoms with van der Waals surface area (Å²) < 4.78 is 8.26. The second-order valence-corrected chi connectivity index (χ2v) is 10.8. The first-order valence-electron chi connectivity index (χ1n) is 12.6. The van der Waals surface area contributed by atoms with Gasteiger partial charge in [0.05, 0.1) is 23.5 Å². The number of nitrogens with zero attached hydrogens (tertiary/aromatic N) is 3. The number of thiocarbonyl (C=S) groups is 1. The van der Waals surface area contributed by atoms with Gasteiger partial charge in [-0.25, -0.2) is 0 Å². The number of rotatable bonds is 7. The van der Waals surface area contributed by atoms with E-state index in [2.05, 4.69) is 79.1 Å². The summed E-state index contributed by atoms with van der Waals surface area (Å²) >= 11 is 9.67. The highest BCUT2D eigenvalue weighted by Crippen LogP contribution is 2.44. The number of benzene rings is 2. The van der Waals surface area contributed by atoms with E-state index in [9.17, 15) is 4.79 Å². The van der Waals surface area contributed by atoms with Crippen LogP contribution in [0.15, 0.2) is 77.4 Å². The van der Waals surface area contributed by atoms with Gasteiger partial charge in [0.1, 0.15) is 6.61 Å². The van der Waals surface area contributed by atoms with Gasteiger partial charge in [-0.3, -0.25) is 9.78 Å². The number of nitrogens with one attached hydrogen (secondary N) is 2. The summed E-state index contributed by atoms with van der Waals surface area (Å²) in [6.45, 7) is 6.25. The van der Waals surface area contributed by atoms with Gasteiger partial charge in [0.25, 0.3) is 0 Å². The van der Waals surface area contributed by atoms with Gasteiger partial charge in [0.2, 0.25) is 5.91 Å². The Balaban J connectivity index is 1.62. The van der Waals surface area contributed by atoms with Gasteiger partial charge in [-0.2, -0.15) is 0 Å². The lowest BCUT2D eigenvalue weighted by Gasteiger charge is -2.29. The topological polar surface area (TPSA) is 71.4 Å². The van der Waals surface area contributed by atoms with Crippen molar-refractivity contribution in [3.05, 3.63) is 106 Å². The summed E-state index contributed by atoms with van der Waals surface area (Å²) in [4.78, 5) is 19.0. The van der Waals surface area contributed by atoms with Crippen molar-refractivity contribution in [3.63, 3.8) is 0 Å². The number of hydrogen-bond donors (Lipinski definition) is 2. The summed E-state index contributed by atoms with van der Waals surface area (Å²) in [5.41, 5.74) is 8.01. The van der Waals surface area contributed by atoms with Crippen molar-refractivity contribution in [1.29, 1.82) is 0 Å². The highest BCUT2D eigenvalue weighted by Gasteiger charge is 2.42. The van der Waals surface area contributed by atoms with Crippen molar-refractivity contribution in [2.24, 2.45) is 0 Å².